The number of halogens is 1. The van der Waals surface area contributed by atoms with Crippen LogP contribution in [0.15, 0.2) is 46.4 Å². The molecule has 4 N–H and O–H groups in total. The Morgan fingerprint density at radius 3 is 2.58 bits per heavy atom. The van der Waals surface area contributed by atoms with Gasteiger partial charge in [-0.25, -0.2) is 0 Å². The number of hydrogen-bond acceptors (Lipinski definition) is 9. The van der Waals surface area contributed by atoms with Gasteiger partial charge in [-0.3, -0.25) is 9.59 Å². The Labute approximate surface area is 182 Å². The molecule has 2 saturated heterocycles. The van der Waals surface area contributed by atoms with Gasteiger partial charge in [0.2, 0.25) is 11.6 Å². The van der Waals surface area contributed by atoms with Crippen LogP contribution in [0.5, 0.6) is 0 Å². The molecule has 1 aliphatic carbocycles. The molecule has 0 aromatic heterocycles. The number of aliphatic hydroxyl groups excluding tert-OH is 3. The summed E-state index contributed by atoms with van der Waals surface area (Å²) in [6.07, 6.45) is 0.714. The lowest BCUT2D eigenvalue weighted by atomic mass is 9.66. The normalized spacial score (nSPS) is 41.5. The zero-order valence-corrected chi connectivity index (χ0v) is 17.7. The maximum atomic E-state index is 13.2. The van der Waals surface area contributed by atoms with Crippen LogP contribution in [0.2, 0.25) is 0 Å². The third-order valence-corrected chi connectivity index (χ3v) is 6.64. The average Bonchev–Trinajstić information content (AvgIpc) is 2.98. The van der Waals surface area contributed by atoms with E-state index in [9.17, 15) is 30.0 Å². The third kappa shape index (κ3) is 3.11. The molecule has 4 aliphatic rings. The maximum Gasteiger partial charge on any atom is 0.315 e. The first kappa shape index (κ1) is 22.2. The quantitative estimate of drug-likeness (QED) is 0.439. The number of cyclic esters (lactones) is 1. The van der Waals surface area contributed by atoms with Crippen molar-refractivity contribution in [2.75, 3.05) is 0 Å². The first-order valence-electron chi connectivity index (χ1n) is 9.80. The van der Waals surface area contributed by atoms with Crippen molar-refractivity contribution in [3.8, 4) is 0 Å². The summed E-state index contributed by atoms with van der Waals surface area (Å²) in [7, 11) is 0. The molecule has 4 rings (SSSR count). The van der Waals surface area contributed by atoms with Gasteiger partial charge < -0.3 is 34.6 Å². The lowest BCUT2D eigenvalue weighted by Gasteiger charge is -2.40. The van der Waals surface area contributed by atoms with Crippen LogP contribution in [0.4, 0.5) is 0 Å². The Bertz CT molecular complexity index is 964. The van der Waals surface area contributed by atoms with E-state index in [2.05, 4.69) is 0 Å². The molecule has 31 heavy (non-hydrogen) atoms. The fraction of sp³-hybridized carbons (Fsp3) is 0.524. The van der Waals surface area contributed by atoms with Crippen molar-refractivity contribution in [1.82, 2.24) is 0 Å². The molecule has 2 fully saturated rings. The second-order valence-electron chi connectivity index (χ2n) is 8.39. The van der Waals surface area contributed by atoms with Gasteiger partial charge in [0.1, 0.15) is 29.5 Å². The van der Waals surface area contributed by atoms with E-state index in [1.54, 1.807) is 0 Å². The van der Waals surface area contributed by atoms with E-state index < -0.39 is 59.4 Å². The zero-order chi connectivity index (χ0) is 22.9. The monoisotopic (exact) mass is 454 g/mol. The highest BCUT2D eigenvalue weighted by molar-refractivity contribution is 6.45. The summed E-state index contributed by atoms with van der Waals surface area (Å²) < 4.78 is 16.5. The highest BCUT2D eigenvalue weighted by atomic mass is 35.5. The van der Waals surface area contributed by atoms with Crippen molar-refractivity contribution >= 4 is 23.4 Å². The van der Waals surface area contributed by atoms with Gasteiger partial charge in [0.25, 0.3) is 0 Å². The van der Waals surface area contributed by atoms with Crippen molar-refractivity contribution in [2.24, 2.45) is 11.8 Å². The minimum absolute atomic E-state index is 0.187. The molecule has 3 heterocycles. The minimum Gasteiger partial charge on any atom is -0.465 e. The van der Waals surface area contributed by atoms with E-state index in [0.29, 0.717) is 5.57 Å². The second-order valence-corrected chi connectivity index (χ2v) is 8.77. The highest BCUT2D eigenvalue weighted by Crippen LogP contribution is 2.58. The summed E-state index contributed by atoms with van der Waals surface area (Å²) >= 11 is 6.35. The van der Waals surface area contributed by atoms with Gasteiger partial charge in [-0.1, -0.05) is 11.6 Å². The van der Waals surface area contributed by atoms with Gasteiger partial charge >= 0.3 is 5.97 Å². The molecular formula is C21H23ClO9. The number of rotatable bonds is 3. The van der Waals surface area contributed by atoms with Crippen molar-refractivity contribution in [3.05, 3.63) is 46.4 Å². The molecule has 0 saturated carbocycles. The zero-order valence-electron chi connectivity index (χ0n) is 17.0. The van der Waals surface area contributed by atoms with Gasteiger partial charge in [-0.15, -0.1) is 0 Å². The van der Waals surface area contributed by atoms with E-state index >= 15 is 0 Å². The van der Waals surface area contributed by atoms with E-state index in [0.717, 1.165) is 0 Å². The number of allylic oxidation sites excluding steroid dienone is 3. The molecule has 168 valence electrons. The SMILES string of the molecule is CC(O)C(O)C=CC1=CC2=C(Cl)C(=O)C3(C)OC4(O)C(O)C(C)OC(=O)C4C3C2=CO1. The summed E-state index contributed by atoms with van der Waals surface area (Å²) in [6.45, 7) is 4.23. The molecule has 10 heteroatoms. The number of esters is 1. The molecule has 8 atom stereocenters. The highest BCUT2D eigenvalue weighted by Gasteiger charge is 2.73. The molecule has 0 aromatic carbocycles. The average molecular weight is 455 g/mol. The first-order chi connectivity index (χ1) is 14.4. The molecule has 8 unspecified atom stereocenters. The number of ether oxygens (including phenoxy) is 3. The largest absolute Gasteiger partial charge is 0.465 e. The number of carbonyl (C=O) groups is 2. The maximum absolute atomic E-state index is 13.2. The van der Waals surface area contributed by atoms with Crippen molar-refractivity contribution in [1.29, 1.82) is 0 Å². The number of ketones is 1. The smallest absolute Gasteiger partial charge is 0.315 e. The summed E-state index contributed by atoms with van der Waals surface area (Å²) in [4.78, 5) is 25.9. The lowest BCUT2D eigenvalue weighted by Crippen LogP contribution is -2.60. The van der Waals surface area contributed by atoms with Crippen LogP contribution in [0, 0.1) is 11.8 Å². The molecule has 9 nitrogen and oxygen atoms in total. The minimum atomic E-state index is -2.34. The van der Waals surface area contributed by atoms with Crippen LogP contribution >= 0.6 is 11.6 Å². The van der Waals surface area contributed by atoms with E-state index in [4.69, 9.17) is 25.8 Å². The van der Waals surface area contributed by atoms with E-state index in [1.165, 1.54) is 45.3 Å². The predicted molar refractivity (Wildman–Crippen MR) is 105 cm³/mol. The number of Topliss-reactive ketones (excluding diaryl/α,β-unsaturated/α-hetero) is 1. The van der Waals surface area contributed by atoms with Crippen molar-refractivity contribution in [3.63, 3.8) is 0 Å². The number of aliphatic hydroxyl groups is 4. The number of hydrogen-bond donors (Lipinski definition) is 4. The number of fused-ring (bicyclic) bond motifs is 5. The fourth-order valence-electron chi connectivity index (χ4n) is 4.56. The van der Waals surface area contributed by atoms with Crippen molar-refractivity contribution in [2.45, 2.75) is 56.6 Å². The summed E-state index contributed by atoms with van der Waals surface area (Å²) in [6, 6.07) is 0. The van der Waals surface area contributed by atoms with Crippen LogP contribution in [0.3, 0.4) is 0 Å². The van der Waals surface area contributed by atoms with Gasteiger partial charge in [-0.2, -0.15) is 0 Å². The molecule has 0 radical (unpaired) electrons. The van der Waals surface area contributed by atoms with Gasteiger partial charge in [0.15, 0.2) is 0 Å². The summed E-state index contributed by atoms with van der Waals surface area (Å²) in [5.41, 5.74) is -1.14. The fourth-order valence-corrected chi connectivity index (χ4v) is 4.91. The predicted octanol–water partition coefficient (Wildman–Crippen LogP) is 0.174. The molecular weight excluding hydrogens is 432 g/mol. The van der Waals surface area contributed by atoms with Crippen LogP contribution in [-0.4, -0.2) is 68.0 Å². The van der Waals surface area contributed by atoms with Gasteiger partial charge in [0.05, 0.1) is 23.5 Å². The molecule has 3 aliphatic heterocycles. The Morgan fingerprint density at radius 2 is 1.94 bits per heavy atom. The summed E-state index contributed by atoms with van der Waals surface area (Å²) in [5, 5.41) is 40.6. The van der Waals surface area contributed by atoms with Crippen LogP contribution in [0.1, 0.15) is 20.8 Å². The molecule has 0 amide bonds. The van der Waals surface area contributed by atoms with Gasteiger partial charge in [0, 0.05) is 17.1 Å². The second kappa shape index (κ2) is 7.26. The number of carbonyl (C=O) groups excluding carboxylic acids is 2. The van der Waals surface area contributed by atoms with E-state index in [-0.39, 0.29) is 16.4 Å². The standard InChI is InChI=1S/C21H23ClO9/c1-8(23)13(24)5-4-10-6-11-12(7-29-10)14-15-19(27)30-9(2)17(25)21(15,28)31-20(14,3)18(26)16(11)22/h4-9,13-15,17,23-25,28H,1-3H3. The summed E-state index contributed by atoms with van der Waals surface area (Å²) in [5.74, 6) is -6.00. The Balaban J connectivity index is 1.77. The first-order valence-corrected chi connectivity index (χ1v) is 10.2. The topological polar surface area (TPSA) is 143 Å². The lowest BCUT2D eigenvalue weighted by molar-refractivity contribution is -0.306. The van der Waals surface area contributed by atoms with E-state index in [1.807, 2.05) is 0 Å². The van der Waals surface area contributed by atoms with Crippen molar-refractivity contribution < 1.29 is 44.2 Å². The van der Waals surface area contributed by atoms with Crippen LogP contribution < -0.4 is 0 Å². The Morgan fingerprint density at radius 1 is 1.26 bits per heavy atom. The van der Waals surface area contributed by atoms with Crippen LogP contribution in [-0.2, 0) is 23.8 Å². The molecule has 0 bridgehead atoms. The molecule has 0 aromatic rings. The molecule has 0 spiro atoms. The Kier molecular flexibility index (Phi) is 5.20. The van der Waals surface area contributed by atoms with Crippen LogP contribution in [0.25, 0.3) is 0 Å². The third-order valence-electron chi connectivity index (χ3n) is 6.27. The Hall–Kier alpha value is -2.01. The van der Waals surface area contributed by atoms with Gasteiger partial charge in [-0.05, 0) is 39.0 Å².